The van der Waals surface area contributed by atoms with E-state index in [1.807, 2.05) is 12.1 Å². The van der Waals surface area contributed by atoms with Gasteiger partial charge in [-0.25, -0.2) is 0 Å². The normalized spacial score (nSPS) is 20.5. The van der Waals surface area contributed by atoms with Gasteiger partial charge in [0.25, 0.3) is 0 Å². The van der Waals surface area contributed by atoms with Crippen molar-refractivity contribution in [3.8, 4) is 6.07 Å². The first-order valence-corrected chi connectivity index (χ1v) is 6.56. The van der Waals surface area contributed by atoms with E-state index in [0.29, 0.717) is 11.2 Å². The second-order valence-corrected chi connectivity index (χ2v) is 5.44. The summed E-state index contributed by atoms with van der Waals surface area (Å²) in [5.74, 6) is 0. The molecule has 1 unspecified atom stereocenters. The molecule has 1 fully saturated rings. The van der Waals surface area contributed by atoms with Crippen LogP contribution in [0, 0.1) is 11.3 Å². The van der Waals surface area contributed by atoms with E-state index in [2.05, 4.69) is 39.0 Å². The summed E-state index contributed by atoms with van der Waals surface area (Å²) in [7, 11) is 0. The van der Waals surface area contributed by atoms with Crippen molar-refractivity contribution in [2.45, 2.75) is 24.1 Å². The van der Waals surface area contributed by atoms with Crippen LogP contribution in [0.15, 0.2) is 24.3 Å². The number of benzene rings is 1. The Morgan fingerprint density at radius 3 is 3.00 bits per heavy atom. The van der Waals surface area contributed by atoms with Crippen LogP contribution < -0.4 is 4.90 Å². The maximum absolute atomic E-state index is 8.82. The number of para-hydroxylation sites is 1. The first-order chi connectivity index (χ1) is 7.81. The predicted octanol–water partition coefficient (Wildman–Crippen LogP) is 3.12. The van der Waals surface area contributed by atoms with Crippen LogP contribution in [0.4, 0.5) is 5.69 Å². The Bertz CT molecular complexity index is 397. The zero-order valence-electron chi connectivity index (χ0n) is 9.19. The standard InChI is InChI=1S/C13H15BrN2/c14-12-5-3-9-16(10-12)13-6-2-1-4-11(13)7-8-15/h1-2,4,6,12H,3,5,7,9-10H2. The lowest BCUT2D eigenvalue weighted by atomic mass is 10.1. The Morgan fingerprint density at radius 1 is 1.44 bits per heavy atom. The van der Waals surface area contributed by atoms with Gasteiger partial charge in [-0.15, -0.1) is 0 Å². The molecule has 1 heterocycles. The third-order valence-corrected chi connectivity index (χ3v) is 3.71. The summed E-state index contributed by atoms with van der Waals surface area (Å²) >= 11 is 3.68. The molecule has 0 saturated carbocycles. The first kappa shape index (κ1) is 11.5. The van der Waals surface area contributed by atoms with Crippen LogP contribution in [0.25, 0.3) is 0 Å². The zero-order chi connectivity index (χ0) is 11.4. The molecular formula is C13H15BrN2. The van der Waals surface area contributed by atoms with Crippen LogP contribution in [-0.2, 0) is 6.42 Å². The second-order valence-electron chi connectivity index (χ2n) is 4.15. The Kier molecular flexibility index (Phi) is 3.84. The minimum atomic E-state index is 0.500. The minimum absolute atomic E-state index is 0.500. The smallest absolute Gasteiger partial charge is 0.0670 e. The van der Waals surface area contributed by atoms with Gasteiger partial charge in [-0.1, -0.05) is 34.1 Å². The van der Waals surface area contributed by atoms with Gasteiger partial charge in [0.05, 0.1) is 12.5 Å². The maximum atomic E-state index is 8.82. The van der Waals surface area contributed by atoms with Crippen molar-refractivity contribution in [2.75, 3.05) is 18.0 Å². The monoisotopic (exact) mass is 278 g/mol. The SMILES string of the molecule is N#CCc1ccccc1N1CCCC(Br)C1. The number of nitriles is 1. The van der Waals surface area contributed by atoms with Crippen molar-refractivity contribution in [3.63, 3.8) is 0 Å². The van der Waals surface area contributed by atoms with Crippen molar-refractivity contribution in [1.29, 1.82) is 5.26 Å². The summed E-state index contributed by atoms with van der Waals surface area (Å²) in [6.07, 6.45) is 2.97. The van der Waals surface area contributed by atoms with Gasteiger partial charge in [-0.2, -0.15) is 5.26 Å². The molecule has 0 aromatic heterocycles. The van der Waals surface area contributed by atoms with E-state index in [0.717, 1.165) is 18.7 Å². The van der Waals surface area contributed by atoms with Gasteiger partial charge in [-0.05, 0) is 24.5 Å². The summed E-state index contributed by atoms with van der Waals surface area (Å²) in [5.41, 5.74) is 2.37. The van der Waals surface area contributed by atoms with Crippen LogP contribution in [0.3, 0.4) is 0 Å². The molecule has 0 bridgehead atoms. The lowest BCUT2D eigenvalue weighted by Crippen LogP contribution is -2.36. The number of piperidine rings is 1. The molecule has 16 heavy (non-hydrogen) atoms. The van der Waals surface area contributed by atoms with Crippen LogP contribution >= 0.6 is 15.9 Å². The molecule has 2 nitrogen and oxygen atoms in total. The molecule has 0 spiro atoms. The Morgan fingerprint density at radius 2 is 2.25 bits per heavy atom. The number of anilines is 1. The van der Waals surface area contributed by atoms with Crippen molar-refractivity contribution in [1.82, 2.24) is 0 Å². The third kappa shape index (κ3) is 2.56. The lowest BCUT2D eigenvalue weighted by molar-refractivity contribution is 0.595. The van der Waals surface area contributed by atoms with E-state index in [-0.39, 0.29) is 0 Å². The number of hydrogen-bond acceptors (Lipinski definition) is 2. The van der Waals surface area contributed by atoms with E-state index in [9.17, 15) is 0 Å². The molecule has 1 aliphatic heterocycles. The zero-order valence-corrected chi connectivity index (χ0v) is 10.8. The molecule has 2 rings (SSSR count). The lowest BCUT2D eigenvalue weighted by Gasteiger charge is -2.33. The van der Waals surface area contributed by atoms with Gasteiger partial charge in [0.1, 0.15) is 0 Å². The van der Waals surface area contributed by atoms with E-state index >= 15 is 0 Å². The number of rotatable bonds is 2. The molecule has 84 valence electrons. The van der Waals surface area contributed by atoms with E-state index in [1.165, 1.54) is 18.5 Å². The second kappa shape index (κ2) is 5.36. The van der Waals surface area contributed by atoms with Gasteiger partial charge >= 0.3 is 0 Å². The highest BCUT2D eigenvalue weighted by Gasteiger charge is 2.19. The van der Waals surface area contributed by atoms with Crippen molar-refractivity contribution in [3.05, 3.63) is 29.8 Å². The van der Waals surface area contributed by atoms with Gasteiger partial charge in [-0.3, -0.25) is 0 Å². The van der Waals surface area contributed by atoms with Crippen molar-refractivity contribution >= 4 is 21.6 Å². The summed E-state index contributed by atoms with van der Waals surface area (Å²) in [6, 6.07) is 10.5. The van der Waals surface area contributed by atoms with Crippen LogP contribution in [0.2, 0.25) is 0 Å². The molecule has 0 radical (unpaired) electrons. The fraction of sp³-hybridized carbons (Fsp3) is 0.462. The molecule has 0 N–H and O–H groups in total. The molecular weight excluding hydrogens is 264 g/mol. The fourth-order valence-electron chi connectivity index (χ4n) is 2.20. The molecule has 0 aliphatic carbocycles. The Hall–Kier alpha value is -1.01. The molecule has 1 saturated heterocycles. The Balaban J connectivity index is 2.22. The average Bonchev–Trinajstić information content (AvgIpc) is 2.30. The Labute approximate surface area is 105 Å². The van der Waals surface area contributed by atoms with Gasteiger partial charge in [0, 0.05) is 23.6 Å². The van der Waals surface area contributed by atoms with Crippen molar-refractivity contribution in [2.24, 2.45) is 0 Å². The van der Waals surface area contributed by atoms with Gasteiger partial charge in [0.15, 0.2) is 0 Å². The summed E-state index contributed by atoms with van der Waals surface area (Å²) in [5, 5.41) is 8.82. The highest BCUT2D eigenvalue weighted by atomic mass is 79.9. The van der Waals surface area contributed by atoms with Gasteiger partial charge in [0.2, 0.25) is 0 Å². The summed E-state index contributed by atoms with van der Waals surface area (Å²) in [4.78, 5) is 2.96. The number of hydrogen-bond donors (Lipinski definition) is 0. The fourth-order valence-corrected chi connectivity index (χ4v) is 2.87. The first-order valence-electron chi connectivity index (χ1n) is 5.65. The third-order valence-electron chi connectivity index (χ3n) is 2.97. The quantitative estimate of drug-likeness (QED) is 0.778. The van der Waals surface area contributed by atoms with Crippen LogP contribution in [0.5, 0.6) is 0 Å². The number of halogens is 1. The topological polar surface area (TPSA) is 27.0 Å². The van der Waals surface area contributed by atoms with Crippen LogP contribution in [0.1, 0.15) is 18.4 Å². The number of alkyl halides is 1. The van der Waals surface area contributed by atoms with E-state index in [4.69, 9.17) is 5.26 Å². The molecule has 1 aromatic rings. The maximum Gasteiger partial charge on any atom is 0.0670 e. The van der Waals surface area contributed by atoms with Gasteiger partial charge < -0.3 is 4.90 Å². The molecule has 0 amide bonds. The molecule has 3 heteroatoms. The predicted molar refractivity (Wildman–Crippen MR) is 69.9 cm³/mol. The number of nitrogens with zero attached hydrogens (tertiary/aromatic N) is 2. The summed E-state index contributed by atoms with van der Waals surface area (Å²) in [6.45, 7) is 2.15. The van der Waals surface area contributed by atoms with E-state index in [1.54, 1.807) is 0 Å². The van der Waals surface area contributed by atoms with Crippen LogP contribution in [-0.4, -0.2) is 17.9 Å². The van der Waals surface area contributed by atoms with Crippen molar-refractivity contribution < 1.29 is 0 Å². The molecule has 1 atom stereocenters. The van der Waals surface area contributed by atoms with E-state index < -0.39 is 0 Å². The largest absolute Gasteiger partial charge is 0.370 e. The minimum Gasteiger partial charge on any atom is -0.370 e. The highest BCUT2D eigenvalue weighted by Crippen LogP contribution is 2.26. The molecule has 1 aromatic carbocycles. The molecule has 1 aliphatic rings. The average molecular weight is 279 g/mol. The highest BCUT2D eigenvalue weighted by molar-refractivity contribution is 9.09. The summed E-state index contributed by atoms with van der Waals surface area (Å²) < 4.78 is 0.